The highest BCUT2D eigenvalue weighted by Gasteiger charge is 2.04. The van der Waals surface area contributed by atoms with E-state index in [1.54, 1.807) is 11.3 Å². The molecule has 2 N–H and O–H groups in total. The number of aliphatic hydroxyl groups is 1. The summed E-state index contributed by atoms with van der Waals surface area (Å²) in [6.45, 7) is 1.59. The summed E-state index contributed by atoms with van der Waals surface area (Å²) in [5, 5.41) is 11.9. The summed E-state index contributed by atoms with van der Waals surface area (Å²) in [4.78, 5) is 5.62. The van der Waals surface area contributed by atoms with Crippen LogP contribution in [0.5, 0.6) is 0 Å². The Bertz CT molecular complexity index is 658. The molecule has 0 atom stereocenters. The van der Waals surface area contributed by atoms with Crippen LogP contribution in [0.2, 0.25) is 0 Å². The first-order chi connectivity index (χ1) is 9.86. The molecule has 3 aromatic rings. The molecule has 102 valence electrons. The van der Waals surface area contributed by atoms with Crippen molar-refractivity contribution >= 4 is 21.6 Å². The summed E-state index contributed by atoms with van der Waals surface area (Å²) in [6, 6.07) is 14.7. The molecule has 0 aliphatic rings. The molecule has 0 saturated carbocycles. The number of rotatable bonds is 5. The van der Waals surface area contributed by atoms with Gasteiger partial charge >= 0.3 is 0 Å². The fourth-order valence-corrected chi connectivity index (χ4v) is 3.13. The van der Waals surface area contributed by atoms with Gasteiger partial charge in [-0.1, -0.05) is 24.3 Å². The second kappa shape index (κ2) is 6.13. The molecular weight excluding hydrogens is 268 g/mol. The summed E-state index contributed by atoms with van der Waals surface area (Å²) in [5.74, 6) is 0. The first-order valence-electron chi connectivity index (χ1n) is 6.62. The van der Waals surface area contributed by atoms with Crippen molar-refractivity contribution in [3.63, 3.8) is 0 Å². The Morgan fingerprint density at radius 2 is 2.00 bits per heavy atom. The van der Waals surface area contributed by atoms with Crippen LogP contribution in [0.4, 0.5) is 0 Å². The third kappa shape index (κ3) is 2.88. The van der Waals surface area contributed by atoms with Crippen LogP contribution < -0.4 is 5.32 Å². The fraction of sp³-hybridized carbons (Fsp3) is 0.188. The second-order valence-corrected chi connectivity index (χ2v) is 5.68. The summed E-state index contributed by atoms with van der Waals surface area (Å²) in [7, 11) is 0. The van der Waals surface area contributed by atoms with E-state index in [4.69, 9.17) is 5.11 Å². The molecule has 20 heavy (non-hydrogen) atoms. The van der Waals surface area contributed by atoms with Gasteiger partial charge in [0.15, 0.2) is 0 Å². The predicted octanol–water partition coefficient (Wildman–Crippen LogP) is 3.05. The van der Waals surface area contributed by atoms with Gasteiger partial charge in [-0.15, -0.1) is 11.3 Å². The maximum Gasteiger partial charge on any atom is 0.0816 e. The van der Waals surface area contributed by atoms with Gasteiger partial charge in [0, 0.05) is 24.2 Å². The molecule has 0 saturated heterocycles. The number of pyridine rings is 1. The zero-order valence-electron chi connectivity index (χ0n) is 11.0. The van der Waals surface area contributed by atoms with Crippen molar-refractivity contribution in [3.8, 4) is 10.4 Å². The third-order valence-corrected chi connectivity index (χ3v) is 4.28. The minimum atomic E-state index is 0.173. The minimum Gasteiger partial charge on any atom is -0.395 e. The molecular formula is C16H16N2OS. The van der Waals surface area contributed by atoms with Crippen molar-refractivity contribution in [2.45, 2.75) is 6.54 Å². The van der Waals surface area contributed by atoms with Crippen LogP contribution in [0, 0.1) is 0 Å². The number of thiophene rings is 1. The average molecular weight is 284 g/mol. The molecule has 0 bridgehead atoms. The molecule has 4 heteroatoms. The Balaban J connectivity index is 1.79. The van der Waals surface area contributed by atoms with Gasteiger partial charge in [0.05, 0.1) is 16.8 Å². The van der Waals surface area contributed by atoms with Crippen molar-refractivity contribution in [1.29, 1.82) is 0 Å². The van der Waals surface area contributed by atoms with Crippen LogP contribution in [-0.2, 0) is 6.54 Å². The monoisotopic (exact) mass is 284 g/mol. The van der Waals surface area contributed by atoms with Gasteiger partial charge in [-0.05, 0) is 29.3 Å². The predicted molar refractivity (Wildman–Crippen MR) is 83.8 cm³/mol. The lowest BCUT2D eigenvalue weighted by atomic mass is 10.1. The molecule has 1 aromatic carbocycles. The number of nitrogens with one attached hydrogen (secondary N) is 1. The number of benzene rings is 1. The highest BCUT2D eigenvalue weighted by molar-refractivity contribution is 7.22. The Labute approximate surface area is 121 Å². The van der Waals surface area contributed by atoms with Crippen LogP contribution in [-0.4, -0.2) is 23.2 Å². The molecule has 0 aliphatic heterocycles. The quantitative estimate of drug-likeness (QED) is 0.708. The smallest absolute Gasteiger partial charge is 0.0816 e. The van der Waals surface area contributed by atoms with E-state index in [1.165, 1.54) is 20.7 Å². The molecule has 0 radical (unpaired) electrons. The molecule has 2 aromatic heterocycles. The lowest BCUT2D eigenvalue weighted by molar-refractivity contribution is 0.292. The van der Waals surface area contributed by atoms with E-state index in [2.05, 4.69) is 46.7 Å². The van der Waals surface area contributed by atoms with Gasteiger partial charge in [-0.3, -0.25) is 4.98 Å². The topological polar surface area (TPSA) is 45.1 Å². The largest absolute Gasteiger partial charge is 0.395 e. The average Bonchev–Trinajstić information content (AvgIpc) is 2.92. The molecule has 0 aliphatic carbocycles. The summed E-state index contributed by atoms with van der Waals surface area (Å²) in [5.41, 5.74) is 3.50. The maximum atomic E-state index is 8.74. The van der Waals surface area contributed by atoms with Gasteiger partial charge in [0.25, 0.3) is 0 Å². The van der Waals surface area contributed by atoms with E-state index in [1.807, 2.05) is 12.3 Å². The SMILES string of the molecule is OCCNCc1ccc(-c2cc3ncccc3s2)cc1. The van der Waals surface area contributed by atoms with Crippen molar-refractivity contribution in [3.05, 3.63) is 54.2 Å². The number of aromatic nitrogens is 1. The summed E-state index contributed by atoms with van der Waals surface area (Å²) < 4.78 is 1.22. The fourth-order valence-electron chi connectivity index (χ4n) is 2.11. The van der Waals surface area contributed by atoms with Gasteiger partial charge < -0.3 is 10.4 Å². The molecule has 0 unspecified atom stereocenters. The number of hydrogen-bond acceptors (Lipinski definition) is 4. The van der Waals surface area contributed by atoms with Crippen molar-refractivity contribution in [1.82, 2.24) is 10.3 Å². The van der Waals surface area contributed by atoms with Crippen LogP contribution in [0.15, 0.2) is 48.7 Å². The highest BCUT2D eigenvalue weighted by Crippen LogP contribution is 2.32. The van der Waals surface area contributed by atoms with E-state index in [0.717, 1.165) is 12.1 Å². The highest BCUT2D eigenvalue weighted by atomic mass is 32.1. The van der Waals surface area contributed by atoms with Gasteiger partial charge in [-0.25, -0.2) is 0 Å². The molecule has 3 rings (SSSR count). The Hall–Kier alpha value is -1.75. The molecule has 2 heterocycles. The van der Waals surface area contributed by atoms with E-state index < -0.39 is 0 Å². The molecule has 0 amide bonds. The van der Waals surface area contributed by atoms with Gasteiger partial charge in [0.1, 0.15) is 0 Å². The van der Waals surface area contributed by atoms with E-state index in [-0.39, 0.29) is 6.61 Å². The van der Waals surface area contributed by atoms with Crippen LogP contribution in [0.1, 0.15) is 5.56 Å². The third-order valence-electron chi connectivity index (χ3n) is 3.14. The van der Waals surface area contributed by atoms with Crippen molar-refractivity contribution < 1.29 is 5.11 Å². The first kappa shape index (κ1) is 13.2. The molecule has 0 spiro atoms. The van der Waals surface area contributed by atoms with E-state index in [9.17, 15) is 0 Å². The van der Waals surface area contributed by atoms with Crippen LogP contribution in [0.25, 0.3) is 20.7 Å². The Kier molecular flexibility index (Phi) is 4.06. The van der Waals surface area contributed by atoms with Crippen molar-refractivity contribution in [2.75, 3.05) is 13.2 Å². The second-order valence-electron chi connectivity index (χ2n) is 4.59. The number of aliphatic hydroxyl groups excluding tert-OH is 1. The standard InChI is InChI=1S/C16H16N2OS/c19-9-8-17-11-12-3-5-13(6-4-12)16-10-14-15(20-16)2-1-7-18-14/h1-7,10,17,19H,8-9,11H2. The van der Waals surface area contributed by atoms with E-state index in [0.29, 0.717) is 6.54 Å². The van der Waals surface area contributed by atoms with Crippen molar-refractivity contribution in [2.24, 2.45) is 0 Å². The van der Waals surface area contributed by atoms with Crippen LogP contribution >= 0.6 is 11.3 Å². The molecule has 0 fully saturated rings. The van der Waals surface area contributed by atoms with Crippen LogP contribution in [0.3, 0.4) is 0 Å². The lowest BCUT2D eigenvalue weighted by Gasteiger charge is -2.04. The molecule has 3 nitrogen and oxygen atoms in total. The lowest BCUT2D eigenvalue weighted by Crippen LogP contribution is -2.17. The first-order valence-corrected chi connectivity index (χ1v) is 7.44. The van der Waals surface area contributed by atoms with Gasteiger partial charge in [0.2, 0.25) is 0 Å². The number of hydrogen-bond donors (Lipinski definition) is 2. The zero-order valence-corrected chi connectivity index (χ0v) is 11.9. The van der Waals surface area contributed by atoms with Gasteiger partial charge in [-0.2, -0.15) is 0 Å². The summed E-state index contributed by atoms with van der Waals surface area (Å²) in [6.07, 6.45) is 1.83. The maximum absolute atomic E-state index is 8.74. The zero-order chi connectivity index (χ0) is 13.8. The summed E-state index contributed by atoms with van der Waals surface area (Å²) >= 11 is 1.77. The van der Waals surface area contributed by atoms with E-state index >= 15 is 0 Å². The Morgan fingerprint density at radius 1 is 1.15 bits per heavy atom. The minimum absolute atomic E-state index is 0.173. The Morgan fingerprint density at radius 3 is 2.75 bits per heavy atom. The number of nitrogens with zero attached hydrogens (tertiary/aromatic N) is 1. The normalized spacial score (nSPS) is 11.1. The number of fused-ring (bicyclic) bond motifs is 1.